The van der Waals surface area contributed by atoms with Crippen molar-refractivity contribution in [2.24, 2.45) is 10.9 Å². The molecule has 27 heavy (non-hydrogen) atoms. The van der Waals surface area contributed by atoms with Crippen molar-refractivity contribution in [1.82, 2.24) is 19.8 Å². The van der Waals surface area contributed by atoms with Gasteiger partial charge in [0, 0.05) is 49.5 Å². The van der Waals surface area contributed by atoms with E-state index in [-0.39, 0.29) is 5.41 Å². The second kappa shape index (κ2) is 8.34. The van der Waals surface area contributed by atoms with Crippen LogP contribution in [0.5, 0.6) is 0 Å². The molecule has 0 amide bonds. The lowest BCUT2D eigenvalue weighted by atomic mass is 9.84. The van der Waals surface area contributed by atoms with Crippen molar-refractivity contribution in [2.45, 2.75) is 38.6 Å². The molecule has 1 aromatic carbocycles. The minimum Gasteiger partial charge on any atom is -0.355 e. The van der Waals surface area contributed by atoms with Crippen molar-refractivity contribution in [3.8, 4) is 0 Å². The lowest BCUT2D eigenvalue weighted by Crippen LogP contribution is -2.51. The van der Waals surface area contributed by atoms with Crippen LogP contribution in [0.25, 0.3) is 0 Å². The van der Waals surface area contributed by atoms with Crippen LogP contribution in [0.2, 0.25) is 5.02 Å². The maximum absolute atomic E-state index is 6.03. The molecule has 146 valence electrons. The first kappa shape index (κ1) is 19.7. The molecule has 1 aliphatic heterocycles. The third-order valence-electron chi connectivity index (χ3n) is 5.65. The van der Waals surface area contributed by atoms with Crippen LogP contribution in [0.3, 0.4) is 0 Å². The van der Waals surface area contributed by atoms with Crippen LogP contribution in [-0.4, -0.2) is 47.1 Å². The van der Waals surface area contributed by atoms with E-state index in [0.717, 1.165) is 37.0 Å². The summed E-state index contributed by atoms with van der Waals surface area (Å²) in [5.41, 5.74) is 1.24. The fourth-order valence-electron chi connectivity index (χ4n) is 3.73. The largest absolute Gasteiger partial charge is 0.355 e. The SMILES string of the molecule is CN=C(NCC(C)(C)c1ccc(Cl)cc1)N1CCC(C)C(n2ccnc2)C1. The Kier molecular flexibility index (Phi) is 6.10. The minimum absolute atomic E-state index is 0.0205. The lowest BCUT2D eigenvalue weighted by molar-refractivity contribution is 0.188. The standard InChI is InChI=1S/C21H30ClN5/c1-16-9-11-26(13-19(16)27-12-10-24-15-27)20(23-4)25-14-21(2,3)17-5-7-18(22)8-6-17/h5-8,10,12,15-16,19H,9,11,13-14H2,1-4H3,(H,23,25). The highest BCUT2D eigenvalue weighted by atomic mass is 35.5. The van der Waals surface area contributed by atoms with Crippen molar-refractivity contribution in [3.05, 3.63) is 53.6 Å². The second-order valence-corrected chi connectivity index (χ2v) is 8.52. The predicted octanol–water partition coefficient (Wildman–Crippen LogP) is 3.97. The molecule has 2 aromatic rings. The van der Waals surface area contributed by atoms with Gasteiger partial charge in [-0.3, -0.25) is 4.99 Å². The molecule has 0 spiro atoms. The van der Waals surface area contributed by atoms with Crippen molar-refractivity contribution in [3.63, 3.8) is 0 Å². The Hall–Kier alpha value is -2.01. The lowest BCUT2D eigenvalue weighted by Gasteiger charge is -2.40. The van der Waals surface area contributed by atoms with Gasteiger partial charge in [0.05, 0.1) is 12.4 Å². The summed E-state index contributed by atoms with van der Waals surface area (Å²) in [6, 6.07) is 8.53. The highest BCUT2D eigenvalue weighted by molar-refractivity contribution is 6.30. The van der Waals surface area contributed by atoms with Gasteiger partial charge >= 0.3 is 0 Å². The van der Waals surface area contributed by atoms with Crippen LogP contribution in [-0.2, 0) is 5.41 Å². The quantitative estimate of drug-likeness (QED) is 0.637. The molecule has 0 aliphatic carbocycles. The summed E-state index contributed by atoms with van der Waals surface area (Å²) in [7, 11) is 1.86. The molecule has 0 radical (unpaired) electrons. The number of aromatic nitrogens is 2. The Bertz CT molecular complexity index is 751. The van der Waals surface area contributed by atoms with Gasteiger partial charge in [0.15, 0.2) is 5.96 Å². The summed E-state index contributed by atoms with van der Waals surface area (Å²) in [6.07, 6.45) is 6.98. The molecule has 1 fully saturated rings. The van der Waals surface area contributed by atoms with Gasteiger partial charge in [0.2, 0.25) is 0 Å². The van der Waals surface area contributed by atoms with E-state index in [1.54, 1.807) is 0 Å². The zero-order valence-corrected chi connectivity index (χ0v) is 17.4. The van der Waals surface area contributed by atoms with Gasteiger partial charge in [-0.15, -0.1) is 0 Å². The van der Waals surface area contributed by atoms with Crippen LogP contribution in [0.1, 0.15) is 38.8 Å². The van der Waals surface area contributed by atoms with Crippen molar-refractivity contribution in [2.75, 3.05) is 26.7 Å². The van der Waals surface area contributed by atoms with E-state index in [9.17, 15) is 0 Å². The first-order valence-electron chi connectivity index (χ1n) is 9.60. The molecule has 0 saturated carbocycles. The van der Waals surface area contributed by atoms with Crippen LogP contribution in [0.4, 0.5) is 0 Å². The Morgan fingerprint density at radius 1 is 1.33 bits per heavy atom. The number of imidazole rings is 1. The molecular formula is C21H30ClN5. The molecule has 1 N–H and O–H groups in total. The molecule has 1 aliphatic rings. The van der Waals surface area contributed by atoms with E-state index in [0.29, 0.717) is 12.0 Å². The number of piperidine rings is 1. The van der Waals surface area contributed by atoms with E-state index < -0.39 is 0 Å². The predicted molar refractivity (Wildman–Crippen MR) is 112 cm³/mol. The molecule has 2 heterocycles. The third-order valence-corrected chi connectivity index (χ3v) is 5.90. The number of aliphatic imine (C=N–C) groups is 1. The fraction of sp³-hybridized carbons (Fsp3) is 0.524. The normalized spacial score (nSPS) is 21.4. The van der Waals surface area contributed by atoms with E-state index in [1.807, 2.05) is 31.7 Å². The van der Waals surface area contributed by atoms with Crippen LogP contribution < -0.4 is 5.32 Å². The van der Waals surface area contributed by atoms with Gasteiger partial charge in [-0.25, -0.2) is 4.98 Å². The number of nitrogens with one attached hydrogen (secondary N) is 1. The summed E-state index contributed by atoms with van der Waals surface area (Å²) in [5.74, 6) is 1.59. The smallest absolute Gasteiger partial charge is 0.193 e. The van der Waals surface area contributed by atoms with E-state index >= 15 is 0 Å². The van der Waals surface area contributed by atoms with Crippen molar-refractivity contribution >= 4 is 17.6 Å². The second-order valence-electron chi connectivity index (χ2n) is 8.08. The highest BCUT2D eigenvalue weighted by Crippen LogP contribution is 2.28. The number of nitrogens with zero attached hydrogens (tertiary/aromatic N) is 4. The van der Waals surface area contributed by atoms with E-state index in [2.05, 4.69) is 63.9 Å². The molecular weight excluding hydrogens is 358 g/mol. The number of guanidine groups is 1. The zero-order chi connectivity index (χ0) is 19.4. The first-order valence-corrected chi connectivity index (χ1v) is 9.97. The number of rotatable bonds is 4. The van der Waals surface area contributed by atoms with Gasteiger partial charge in [-0.05, 0) is 30.0 Å². The molecule has 1 aromatic heterocycles. The van der Waals surface area contributed by atoms with Crippen molar-refractivity contribution in [1.29, 1.82) is 0 Å². The first-order chi connectivity index (χ1) is 12.9. The van der Waals surface area contributed by atoms with Crippen LogP contribution in [0.15, 0.2) is 48.0 Å². The Labute approximate surface area is 167 Å². The van der Waals surface area contributed by atoms with Gasteiger partial charge in [-0.2, -0.15) is 0 Å². The number of benzene rings is 1. The summed E-state index contributed by atoms with van der Waals surface area (Å²) in [6.45, 7) is 9.57. The van der Waals surface area contributed by atoms with E-state index in [1.165, 1.54) is 5.56 Å². The Balaban J connectivity index is 1.65. The fourth-order valence-corrected chi connectivity index (χ4v) is 3.86. The Morgan fingerprint density at radius 3 is 2.70 bits per heavy atom. The summed E-state index contributed by atoms with van der Waals surface area (Å²) in [4.78, 5) is 11.1. The number of likely N-dealkylation sites (tertiary alicyclic amines) is 1. The third kappa shape index (κ3) is 4.64. The molecule has 5 nitrogen and oxygen atoms in total. The molecule has 6 heteroatoms. The van der Waals surface area contributed by atoms with E-state index in [4.69, 9.17) is 11.6 Å². The molecule has 3 rings (SSSR count). The van der Waals surface area contributed by atoms with Crippen LogP contribution in [0, 0.1) is 5.92 Å². The topological polar surface area (TPSA) is 45.5 Å². The average Bonchev–Trinajstić information content (AvgIpc) is 3.18. The molecule has 0 bridgehead atoms. The molecule has 2 atom stereocenters. The maximum atomic E-state index is 6.03. The van der Waals surface area contributed by atoms with Crippen LogP contribution >= 0.6 is 11.6 Å². The summed E-state index contributed by atoms with van der Waals surface area (Å²) in [5, 5.41) is 4.36. The van der Waals surface area contributed by atoms with Gasteiger partial charge in [0.25, 0.3) is 0 Å². The summed E-state index contributed by atoms with van der Waals surface area (Å²) >= 11 is 6.03. The molecule has 2 unspecified atom stereocenters. The van der Waals surface area contributed by atoms with Crippen molar-refractivity contribution < 1.29 is 0 Å². The van der Waals surface area contributed by atoms with Gasteiger partial charge in [0.1, 0.15) is 0 Å². The average molecular weight is 388 g/mol. The minimum atomic E-state index is -0.0205. The number of hydrogen-bond acceptors (Lipinski definition) is 2. The summed E-state index contributed by atoms with van der Waals surface area (Å²) < 4.78 is 2.22. The zero-order valence-electron chi connectivity index (χ0n) is 16.7. The van der Waals surface area contributed by atoms with Gasteiger partial charge < -0.3 is 14.8 Å². The number of hydrogen-bond donors (Lipinski definition) is 1. The molecule has 1 saturated heterocycles. The maximum Gasteiger partial charge on any atom is 0.193 e. The number of halogens is 1. The van der Waals surface area contributed by atoms with Gasteiger partial charge in [-0.1, -0.05) is 44.5 Å². The monoisotopic (exact) mass is 387 g/mol. The Morgan fingerprint density at radius 2 is 2.07 bits per heavy atom. The highest BCUT2D eigenvalue weighted by Gasteiger charge is 2.30.